The predicted molar refractivity (Wildman–Crippen MR) is 91.4 cm³/mol. The summed E-state index contributed by atoms with van der Waals surface area (Å²) in [5.41, 5.74) is 13.3. The molecule has 0 saturated carbocycles. The van der Waals surface area contributed by atoms with Crippen LogP contribution in [0.4, 0.5) is 17.5 Å². The quantitative estimate of drug-likeness (QED) is 0.672. The highest BCUT2D eigenvalue weighted by Gasteiger charge is 2.16. The van der Waals surface area contributed by atoms with Gasteiger partial charge < -0.3 is 26.3 Å². The lowest BCUT2D eigenvalue weighted by molar-refractivity contribution is 0.0301. The van der Waals surface area contributed by atoms with E-state index < -0.39 is 0 Å². The Labute approximate surface area is 144 Å². The maximum absolute atomic E-state index is 5.89. The Kier molecular flexibility index (Phi) is 5.29. The fraction of sp³-hybridized carbons (Fsp3) is 0.400. The van der Waals surface area contributed by atoms with E-state index in [9.17, 15) is 0 Å². The van der Waals surface area contributed by atoms with Gasteiger partial charge in [0.1, 0.15) is 5.69 Å². The topological polar surface area (TPSA) is 121 Å². The van der Waals surface area contributed by atoms with E-state index in [1.54, 1.807) is 0 Å². The minimum absolute atomic E-state index is 0.0607. The van der Waals surface area contributed by atoms with E-state index in [2.05, 4.69) is 20.3 Å². The van der Waals surface area contributed by atoms with Crippen molar-refractivity contribution in [1.82, 2.24) is 15.0 Å². The van der Waals surface area contributed by atoms with E-state index in [4.69, 9.17) is 32.5 Å². The van der Waals surface area contributed by atoms with E-state index in [0.29, 0.717) is 25.6 Å². The van der Waals surface area contributed by atoms with Gasteiger partial charge in [0, 0.05) is 6.61 Å². The van der Waals surface area contributed by atoms with E-state index in [1.807, 2.05) is 18.2 Å². The van der Waals surface area contributed by atoms with Crippen molar-refractivity contribution in [3.8, 4) is 0 Å². The average Bonchev–Trinajstić information content (AvgIpc) is 3.09. The number of nitrogen functional groups attached to an aromatic ring is 2. The van der Waals surface area contributed by atoms with Crippen LogP contribution in [0.2, 0.25) is 5.15 Å². The molecule has 5 N–H and O–H groups in total. The Balaban J connectivity index is 1.60. The molecular weight excluding hydrogens is 332 g/mol. The molecule has 0 amide bonds. The van der Waals surface area contributed by atoms with Crippen LogP contribution in [0.25, 0.3) is 0 Å². The fourth-order valence-corrected chi connectivity index (χ4v) is 2.50. The summed E-state index contributed by atoms with van der Waals surface area (Å²) in [4.78, 5) is 12.4. The van der Waals surface area contributed by atoms with E-state index in [1.165, 1.54) is 0 Å². The lowest BCUT2D eigenvalue weighted by atomic mass is 10.3. The molecule has 0 radical (unpaired) electrons. The first-order valence-electron chi connectivity index (χ1n) is 7.58. The van der Waals surface area contributed by atoms with Crippen molar-refractivity contribution in [3.05, 3.63) is 34.7 Å². The van der Waals surface area contributed by atoms with Crippen LogP contribution in [0, 0.1) is 0 Å². The van der Waals surface area contributed by atoms with E-state index in [0.717, 1.165) is 24.4 Å². The highest BCUT2D eigenvalue weighted by molar-refractivity contribution is 6.32. The zero-order chi connectivity index (χ0) is 16.9. The number of rotatable bonds is 6. The molecule has 1 fully saturated rings. The molecular formula is C15H19ClN6O2. The minimum Gasteiger partial charge on any atom is -0.393 e. The normalized spacial score (nSPS) is 17.1. The number of nitrogens with two attached hydrogens (primary N) is 2. The summed E-state index contributed by atoms with van der Waals surface area (Å²) in [6.07, 6.45) is 1.08. The Morgan fingerprint density at radius 3 is 2.88 bits per heavy atom. The Hall–Kier alpha value is -2.16. The number of nitrogens with one attached hydrogen (secondary N) is 1. The number of aromatic nitrogens is 3. The Morgan fingerprint density at radius 1 is 1.25 bits per heavy atom. The molecule has 1 unspecified atom stereocenters. The molecule has 0 bridgehead atoms. The summed E-state index contributed by atoms with van der Waals surface area (Å²) in [5, 5.41) is 3.20. The highest BCUT2D eigenvalue weighted by Crippen LogP contribution is 2.24. The lowest BCUT2D eigenvalue weighted by Crippen LogP contribution is -2.13. The van der Waals surface area contributed by atoms with Crippen molar-refractivity contribution in [2.24, 2.45) is 0 Å². The van der Waals surface area contributed by atoms with E-state index in [-0.39, 0.29) is 22.9 Å². The summed E-state index contributed by atoms with van der Waals surface area (Å²) in [5.74, 6) is 0.449. The van der Waals surface area contributed by atoms with Crippen molar-refractivity contribution in [2.45, 2.75) is 25.7 Å². The third-order valence-corrected chi connectivity index (χ3v) is 3.86. The van der Waals surface area contributed by atoms with Crippen LogP contribution in [-0.4, -0.2) is 34.3 Å². The SMILES string of the molecule is Nc1nc(Cl)c(N)c(NCc2cccc(COC3CCOC3)n2)n1. The van der Waals surface area contributed by atoms with Crippen LogP contribution >= 0.6 is 11.6 Å². The Morgan fingerprint density at radius 2 is 2.08 bits per heavy atom. The van der Waals surface area contributed by atoms with Gasteiger partial charge in [0.05, 0.1) is 37.3 Å². The molecule has 1 saturated heterocycles. The van der Waals surface area contributed by atoms with Crippen LogP contribution in [0.5, 0.6) is 0 Å². The third kappa shape index (κ3) is 4.22. The molecule has 2 aromatic heterocycles. The van der Waals surface area contributed by atoms with Crippen molar-refractivity contribution >= 4 is 29.1 Å². The van der Waals surface area contributed by atoms with Gasteiger partial charge in [-0.3, -0.25) is 4.98 Å². The lowest BCUT2D eigenvalue weighted by Gasteiger charge is -2.11. The molecule has 2 aromatic rings. The van der Waals surface area contributed by atoms with Crippen molar-refractivity contribution in [3.63, 3.8) is 0 Å². The van der Waals surface area contributed by atoms with Crippen LogP contribution < -0.4 is 16.8 Å². The largest absolute Gasteiger partial charge is 0.393 e. The van der Waals surface area contributed by atoms with Crippen LogP contribution in [-0.2, 0) is 22.6 Å². The number of hydrogen-bond acceptors (Lipinski definition) is 8. The summed E-state index contributed by atoms with van der Waals surface area (Å²) < 4.78 is 11.1. The van der Waals surface area contributed by atoms with Gasteiger partial charge in [-0.1, -0.05) is 17.7 Å². The first kappa shape index (κ1) is 16.7. The van der Waals surface area contributed by atoms with Crippen molar-refractivity contribution < 1.29 is 9.47 Å². The first-order chi connectivity index (χ1) is 11.6. The molecule has 9 heteroatoms. The fourth-order valence-electron chi connectivity index (χ4n) is 2.32. The maximum atomic E-state index is 5.89. The van der Waals surface area contributed by atoms with E-state index >= 15 is 0 Å². The molecule has 3 heterocycles. The molecule has 24 heavy (non-hydrogen) atoms. The zero-order valence-corrected chi connectivity index (χ0v) is 13.8. The Bertz CT molecular complexity index is 708. The summed E-state index contributed by atoms with van der Waals surface area (Å²) >= 11 is 5.89. The average molecular weight is 351 g/mol. The number of anilines is 3. The summed E-state index contributed by atoms with van der Waals surface area (Å²) in [6.45, 7) is 2.29. The second-order valence-corrected chi connectivity index (χ2v) is 5.76. The van der Waals surface area contributed by atoms with Gasteiger partial charge in [-0.25, -0.2) is 0 Å². The number of halogens is 1. The van der Waals surface area contributed by atoms with Crippen LogP contribution in [0.15, 0.2) is 18.2 Å². The standard InChI is InChI=1S/C15H19ClN6O2/c16-13-12(17)14(22-15(18)21-13)19-6-9-2-1-3-10(20-9)7-24-11-4-5-23-8-11/h1-3,11H,4-8,17H2,(H3,18,19,21,22). The van der Waals surface area contributed by atoms with Crippen molar-refractivity contribution in [1.29, 1.82) is 0 Å². The molecule has 3 rings (SSSR count). The smallest absolute Gasteiger partial charge is 0.223 e. The molecule has 1 aliphatic rings. The third-order valence-electron chi connectivity index (χ3n) is 3.57. The number of pyridine rings is 1. The zero-order valence-electron chi connectivity index (χ0n) is 13.0. The van der Waals surface area contributed by atoms with Gasteiger partial charge >= 0.3 is 0 Å². The molecule has 0 aliphatic carbocycles. The van der Waals surface area contributed by atoms with Crippen LogP contribution in [0.1, 0.15) is 17.8 Å². The number of nitrogens with zero attached hydrogens (tertiary/aromatic N) is 3. The summed E-state index contributed by atoms with van der Waals surface area (Å²) in [6, 6.07) is 5.75. The molecule has 1 aliphatic heterocycles. The van der Waals surface area contributed by atoms with Crippen LogP contribution in [0.3, 0.4) is 0 Å². The molecule has 8 nitrogen and oxygen atoms in total. The second-order valence-electron chi connectivity index (χ2n) is 5.41. The van der Waals surface area contributed by atoms with Gasteiger partial charge in [-0.15, -0.1) is 0 Å². The van der Waals surface area contributed by atoms with Gasteiger partial charge in [-0.05, 0) is 18.6 Å². The molecule has 1 atom stereocenters. The first-order valence-corrected chi connectivity index (χ1v) is 7.96. The van der Waals surface area contributed by atoms with Gasteiger partial charge in [0.2, 0.25) is 5.95 Å². The number of hydrogen-bond donors (Lipinski definition) is 3. The monoisotopic (exact) mass is 350 g/mol. The number of ether oxygens (including phenoxy) is 2. The highest BCUT2D eigenvalue weighted by atomic mass is 35.5. The molecule has 0 aromatic carbocycles. The maximum Gasteiger partial charge on any atom is 0.223 e. The van der Waals surface area contributed by atoms with Gasteiger partial charge in [-0.2, -0.15) is 9.97 Å². The summed E-state index contributed by atoms with van der Waals surface area (Å²) in [7, 11) is 0. The molecule has 0 spiro atoms. The van der Waals surface area contributed by atoms with Gasteiger partial charge in [0.15, 0.2) is 11.0 Å². The second kappa shape index (κ2) is 7.61. The minimum atomic E-state index is 0.0607. The van der Waals surface area contributed by atoms with Gasteiger partial charge in [0.25, 0.3) is 0 Å². The van der Waals surface area contributed by atoms with Crippen molar-refractivity contribution in [2.75, 3.05) is 30.0 Å². The molecule has 128 valence electrons. The predicted octanol–water partition coefficient (Wildman–Crippen LogP) is 1.61.